The van der Waals surface area contributed by atoms with Crippen molar-refractivity contribution in [1.29, 1.82) is 0 Å². The summed E-state index contributed by atoms with van der Waals surface area (Å²) in [5, 5.41) is 3.53. The molecule has 0 bridgehead atoms. The third-order valence-corrected chi connectivity index (χ3v) is 3.31. The van der Waals surface area contributed by atoms with Crippen LogP contribution in [0.4, 0.5) is 0 Å². The summed E-state index contributed by atoms with van der Waals surface area (Å²) in [6.07, 6.45) is 2.37. The SMILES string of the molecule is CCOc1cccc(CNCC2CCOCC2)c1. The molecule has 3 nitrogen and oxygen atoms in total. The Labute approximate surface area is 109 Å². The van der Waals surface area contributed by atoms with Crippen LogP contribution >= 0.6 is 0 Å². The highest BCUT2D eigenvalue weighted by Crippen LogP contribution is 2.15. The van der Waals surface area contributed by atoms with Gasteiger partial charge in [-0.3, -0.25) is 0 Å². The van der Waals surface area contributed by atoms with Crippen LogP contribution in [0.2, 0.25) is 0 Å². The van der Waals surface area contributed by atoms with E-state index in [1.807, 2.05) is 13.0 Å². The first-order valence-electron chi connectivity index (χ1n) is 6.88. The second kappa shape index (κ2) is 7.39. The molecule has 18 heavy (non-hydrogen) atoms. The summed E-state index contributed by atoms with van der Waals surface area (Å²) in [7, 11) is 0. The van der Waals surface area contributed by atoms with E-state index in [-0.39, 0.29) is 0 Å². The first-order valence-corrected chi connectivity index (χ1v) is 6.88. The van der Waals surface area contributed by atoms with Crippen LogP contribution in [-0.2, 0) is 11.3 Å². The fourth-order valence-corrected chi connectivity index (χ4v) is 2.28. The van der Waals surface area contributed by atoms with E-state index in [4.69, 9.17) is 9.47 Å². The van der Waals surface area contributed by atoms with Crippen molar-refractivity contribution < 1.29 is 9.47 Å². The zero-order valence-electron chi connectivity index (χ0n) is 11.2. The lowest BCUT2D eigenvalue weighted by Gasteiger charge is -2.22. The van der Waals surface area contributed by atoms with Gasteiger partial charge in [-0.25, -0.2) is 0 Å². The molecule has 1 heterocycles. The van der Waals surface area contributed by atoms with Crippen molar-refractivity contribution in [3.8, 4) is 5.75 Å². The molecule has 1 aliphatic heterocycles. The number of ether oxygens (including phenoxy) is 2. The molecule has 0 radical (unpaired) electrons. The number of rotatable bonds is 6. The molecule has 0 aliphatic carbocycles. The number of nitrogens with one attached hydrogen (secondary N) is 1. The smallest absolute Gasteiger partial charge is 0.119 e. The van der Waals surface area contributed by atoms with Crippen molar-refractivity contribution in [2.75, 3.05) is 26.4 Å². The maximum Gasteiger partial charge on any atom is 0.119 e. The third-order valence-electron chi connectivity index (χ3n) is 3.31. The molecule has 0 unspecified atom stereocenters. The molecule has 1 saturated heterocycles. The molecule has 1 aromatic carbocycles. The van der Waals surface area contributed by atoms with Crippen LogP contribution in [0.1, 0.15) is 25.3 Å². The lowest BCUT2D eigenvalue weighted by molar-refractivity contribution is 0.0662. The molecule has 0 atom stereocenters. The molecule has 0 saturated carbocycles. The first-order chi connectivity index (χ1) is 8.88. The van der Waals surface area contributed by atoms with Gasteiger partial charge >= 0.3 is 0 Å². The average Bonchev–Trinajstić information content (AvgIpc) is 2.41. The topological polar surface area (TPSA) is 30.5 Å². The van der Waals surface area contributed by atoms with Gasteiger partial charge in [0.2, 0.25) is 0 Å². The van der Waals surface area contributed by atoms with Crippen LogP contribution in [0, 0.1) is 5.92 Å². The van der Waals surface area contributed by atoms with Crippen LogP contribution in [0.15, 0.2) is 24.3 Å². The Kier molecular flexibility index (Phi) is 5.49. The maximum absolute atomic E-state index is 5.50. The standard InChI is InChI=1S/C15H23NO2/c1-2-18-15-5-3-4-14(10-15)12-16-11-13-6-8-17-9-7-13/h3-5,10,13,16H,2,6-9,11-12H2,1H3. The van der Waals surface area contributed by atoms with Gasteiger partial charge in [0.25, 0.3) is 0 Å². The van der Waals surface area contributed by atoms with Crippen molar-refractivity contribution in [2.45, 2.75) is 26.3 Å². The highest BCUT2D eigenvalue weighted by Gasteiger charge is 2.12. The van der Waals surface area contributed by atoms with Gasteiger partial charge in [-0.05, 0) is 49.9 Å². The number of hydrogen-bond acceptors (Lipinski definition) is 3. The Balaban J connectivity index is 1.73. The highest BCUT2D eigenvalue weighted by atomic mass is 16.5. The van der Waals surface area contributed by atoms with E-state index in [1.54, 1.807) is 0 Å². The lowest BCUT2D eigenvalue weighted by atomic mass is 10.0. The molecular formula is C15H23NO2. The molecule has 0 spiro atoms. The third kappa shape index (κ3) is 4.31. The fourth-order valence-electron chi connectivity index (χ4n) is 2.28. The van der Waals surface area contributed by atoms with Gasteiger partial charge in [0.1, 0.15) is 5.75 Å². The summed E-state index contributed by atoms with van der Waals surface area (Å²) < 4.78 is 10.9. The molecule has 3 heteroatoms. The van der Waals surface area contributed by atoms with Crippen molar-refractivity contribution in [3.63, 3.8) is 0 Å². The van der Waals surface area contributed by atoms with Gasteiger partial charge < -0.3 is 14.8 Å². The Hall–Kier alpha value is -1.06. The molecule has 0 amide bonds. The van der Waals surface area contributed by atoms with Crippen LogP contribution < -0.4 is 10.1 Å². The monoisotopic (exact) mass is 249 g/mol. The van der Waals surface area contributed by atoms with Crippen molar-refractivity contribution >= 4 is 0 Å². The summed E-state index contributed by atoms with van der Waals surface area (Å²) in [5.41, 5.74) is 1.29. The number of hydrogen-bond donors (Lipinski definition) is 1. The van der Waals surface area contributed by atoms with Gasteiger partial charge in [0.05, 0.1) is 6.61 Å². The van der Waals surface area contributed by atoms with Crippen LogP contribution in [0.5, 0.6) is 5.75 Å². The van der Waals surface area contributed by atoms with E-state index in [9.17, 15) is 0 Å². The van der Waals surface area contributed by atoms with Gasteiger partial charge in [-0.15, -0.1) is 0 Å². The minimum atomic E-state index is 0.721. The van der Waals surface area contributed by atoms with E-state index in [2.05, 4.69) is 23.5 Å². The van der Waals surface area contributed by atoms with Gasteiger partial charge in [-0.1, -0.05) is 12.1 Å². The maximum atomic E-state index is 5.50. The minimum Gasteiger partial charge on any atom is -0.494 e. The predicted octanol–water partition coefficient (Wildman–Crippen LogP) is 2.60. The average molecular weight is 249 g/mol. The van der Waals surface area contributed by atoms with E-state index in [1.165, 1.54) is 18.4 Å². The first kappa shape index (κ1) is 13.4. The van der Waals surface area contributed by atoms with Crippen molar-refractivity contribution in [2.24, 2.45) is 5.92 Å². The Bertz CT molecular complexity index is 348. The molecular weight excluding hydrogens is 226 g/mol. The second-order valence-corrected chi connectivity index (χ2v) is 4.77. The van der Waals surface area contributed by atoms with Crippen LogP contribution in [0.3, 0.4) is 0 Å². The van der Waals surface area contributed by atoms with E-state index in [0.717, 1.165) is 44.6 Å². The Morgan fingerprint density at radius 2 is 2.17 bits per heavy atom. The summed E-state index contributed by atoms with van der Waals surface area (Å²) in [6, 6.07) is 8.31. The quantitative estimate of drug-likeness (QED) is 0.840. The molecule has 1 N–H and O–H groups in total. The Morgan fingerprint density at radius 3 is 2.94 bits per heavy atom. The molecule has 0 aromatic heterocycles. The zero-order chi connectivity index (χ0) is 12.6. The molecule has 1 aromatic rings. The van der Waals surface area contributed by atoms with E-state index in [0.29, 0.717) is 0 Å². The van der Waals surface area contributed by atoms with Crippen LogP contribution in [-0.4, -0.2) is 26.4 Å². The zero-order valence-corrected chi connectivity index (χ0v) is 11.2. The second-order valence-electron chi connectivity index (χ2n) is 4.77. The molecule has 1 aliphatic rings. The van der Waals surface area contributed by atoms with Gasteiger partial charge in [0.15, 0.2) is 0 Å². The van der Waals surface area contributed by atoms with Crippen molar-refractivity contribution in [3.05, 3.63) is 29.8 Å². The highest BCUT2D eigenvalue weighted by molar-refractivity contribution is 5.28. The summed E-state index contributed by atoms with van der Waals surface area (Å²) >= 11 is 0. The summed E-state index contributed by atoms with van der Waals surface area (Å²) in [6.45, 7) is 6.58. The molecule has 100 valence electrons. The fraction of sp³-hybridized carbons (Fsp3) is 0.600. The normalized spacial score (nSPS) is 16.7. The van der Waals surface area contributed by atoms with Crippen molar-refractivity contribution in [1.82, 2.24) is 5.32 Å². The largest absolute Gasteiger partial charge is 0.494 e. The summed E-state index contributed by atoms with van der Waals surface area (Å²) in [5.74, 6) is 1.73. The lowest BCUT2D eigenvalue weighted by Crippen LogP contribution is -2.27. The van der Waals surface area contributed by atoms with Gasteiger partial charge in [-0.2, -0.15) is 0 Å². The predicted molar refractivity (Wildman–Crippen MR) is 72.9 cm³/mol. The number of benzene rings is 1. The van der Waals surface area contributed by atoms with E-state index >= 15 is 0 Å². The van der Waals surface area contributed by atoms with E-state index < -0.39 is 0 Å². The molecule has 2 rings (SSSR count). The van der Waals surface area contributed by atoms with Crippen LogP contribution in [0.25, 0.3) is 0 Å². The summed E-state index contributed by atoms with van der Waals surface area (Å²) in [4.78, 5) is 0. The minimum absolute atomic E-state index is 0.721. The molecule has 1 fully saturated rings. The van der Waals surface area contributed by atoms with Gasteiger partial charge in [0, 0.05) is 19.8 Å². The Morgan fingerprint density at radius 1 is 1.33 bits per heavy atom.